The summed E-state index contributed by atoms with van der Waals surface area (Å²) in [6.07, 6.45) is 5.56. The highest BCUT2D eigenvalue weighted by molar-refractivity contribution is 6.29. The summed E-state index contributed by atoms with van der Waals surface area (Å²) < 4.78 is 7.04. The number of rotatable bonds is 2. The molecule has 0 bridgehead atoms. The minimum Gasteiger partial charge on any atom is -0.309 e. The van der Waals surface area contributed by atoms with Crippen molar-refractivity contribution in [2.24, 2.45) is 0 Å². The smallest absolute Gasteiger partial charge is 0.146 e. The van der Waals surface area contributed by atoms with E-state index < -0.39 is 0 Å². The number of imidazole rings is 1. The number of aromatic nitrogens is 6. The van der Waals surface area contributed by atoms with Crippen LogP contribution in [0.2, 0.25) is 0 Å². The standard InChI is InChI=1S/C41H24N6/c1-3-10-25(11-4-1)45-33-15-8-7-14-27(33)30-22-31-28-17-18-29-38(40(28)46(37(31)23-36(30)45)26-12-5-2-6-13-26)39-35(16-9-20-43-39)47-34-19-21-42-24-32(34)44-41(29)47/h1-24H. The van der Waals surface area contributed by atoms with Crippen LogP contribution in [0.25, 0.3) is 93.5 Å². The van der Waals surface area contributed by atoms with Gasteiger partial charge >= 0.3 is 0 Å². The molecule has 47 heavy (non-hydrogen) atoms. The molecule has 6 aromatic heterocycles. The second-order valence-corrected chi connectivity index (χ2v) is 12.1. The number of para-hydroxylation sites is 3. The molecule has 0 N–H and O–H groups in total. The first-order valence-corrected chi connectivity index (χ1v) is 15.8. The molecule has 0 saturated heterocycles. The molecular weight excluding hydrogens is 576 g/mol. The van der Waals surface area contributed by atoms with Gasteiger partial charge in [-0.1, -0.05) is 60.7 Å². The lowest BCUT2D eigenvalue weighted by atomic mass is 10.0. The van der Waals surface area contributed by atoms with Crippen molar-refractivity contribution in [3.05, 3.63) is 146 Å². The lowest BCUT2D eigenvalue weighted by molar-refractivity contribution is 1.17. The highest BCUT2D eigenvalue weighted by Crippen LogP contribution is 2.43. The average molecular weight is 601 g/mol. The second-order valence-electron chi connectivity index (χ2n) is 12.1. The van der Waals surface area contributed by atoms with Crippen LogP contribution in [0.5, 0.6) is 0 Å². The summed E-state index contributed by atoms with van der Waals surface area (Å²) in [5, 5.41) is 7.01. The SMILES string of the molecule is c1ccc(-n2c3ccccc3c3cc4c5ccc6c(c7ncccc7n7c8ccncc8nc67)c5n(-c5ccccc5)c4cc32)cc1. The Morgan fingerprint density at radius 3 is 2.02 bits per heavy atom. The van der Waals surface area contributed by atoms with Crippen molar-refractivity contribution in [3.8, 4) is 11.4 Å². The van der Waals surface area contributed by atoms with E-state index in [9.17, 15) is 0 Å². The van der Waals surface area contributed by atoms with E-state index in [2.05, 4.69) is 134 Å². The molecule has 6 nitrogen and oxygen atoms in total. The highest BCUT2D eigenvalue weighted by atomic mass is 15.0. The molecule has 0 spiro atoms. The van der Waals surface area contributed by atoms with Crippen LogP contribution in [0, 0.1) is 0 Å². The molecule has 0 unspecified atom stereocenters. The van der Waals surface area contributed by atoms with Crippen molar-refractivity contribution >= 4 is 82.1 Å². The maximum absolute atomic E-state index is 5.13. The maximum Gasteiger partial charge on any atom is 0.146 e. The van der Waals surface area contributed by atoms with Gasteiger partial charge in [-0.2, -0.15) is 0 Å². The fraction of sp³-hybridized carbons (Fsp3) is 0. The Morgan fingerprint density at radius 2 is 1.17 bits per heavy atom. The van der Waals surface area contributed by atoms with E-state index in [1.807, 2.05) is 30.7 Å². The average Bonchev–Trinajstić information content (AvgIpc) is 3.79. The molecular formula is C41H24N6. The molecule has 11 aromatic rings. The van der Waals surface area contributed by atoms with Crippen molar-refractivity contribution in [2.45, 2.75) is 0 Å². The van der Waals surface area contributed by atoms with E-state index >= 15 is 0 Å². The van der Waals surface area contributed by atoms with Crippen LogP contribution in [-0.2, 0) is 0 Å². The van der Waals surface area contributed by atoms with E-state index in [4.69, 9.17) is 9.97 Å². The third-order valence-electron chi connectivity index (χ3n) is 9.71. The van der Waals surface area contributed by atoms with Crippen LogP contribution in [0.1, 0.15) is 0 Å². The monoisotopic (exact) mass is 600 g/mol. The van der Waals surface area contributed by atoms with E-state index in [1.165, 1.54) is 32.6 Å². The Labute approximate surface area is 267 Å². The predicted molar refractivity (Wildman–Crippen MR) is 192 cm³/mol. The van der Waals surface area contributed by atoms with Crippen molar-refractivity contribution < 1.29 is 0 Å². The zero-order valence-electron chi connectivity index (χ0n) is 25.0. The van der Waals surface area contributed by atoms with Crippen molar-refractivity contribution in [2.75, 3.05) is 0 Å². The molecule has 0 aliphatic carbocycles. The van der Waals surface area contributed by atoms with Gasteiger partial charge in [-0.25, -0.2) is 4.98 Å². The summed E-state index contributed by atoms with van der Waals surface area (Å²) in [6.45, 7) is 0. The molecule has 0 amide bonds. The van der Waals surface area contributed by atoms with Crippen LogP contribution in [0.3, 0.4) is 0 Å². The van der Waals surface area contributed by atoms with Crippen LogP contribution >= 0.6 is 0 Å². The summed E-state index contributed by atoms with van der Waals surface area (Å²) in [6, 6.07) is 45.5. The Bertz CT molecular complexity index is 3060. The first kappa shape index (κ1) is 24.8. The molecule has 6 heteroatoms. The number of fused-ring (bicyclic) bond motifs is 15. The van der Waals surface area contributed by atoms with E-state index in [0.717, 1.165) is 60.9 Å². The number of hydrogen-bond donors (Lipinski definition) is 0. The molecule has 218 valence electrons. The molecule has 0 aliphatic heterocycles. The lowest BCUT2D eigenvalue weighted by Crippen LogP contribution is -1.98. The second kappa shape index (κ2) is 9.02. The van der Waals surface area contributed by atoms with Crippen molar-refractivity contribution in [3.63, 3.8) is 0 Å². The quantitative estimate of drug-likeness (QED) is 0.186. The summed E-state index contributed by atoms with van der Waals surface area (Å²) in [4.78, 5) is 14.6. The Morgan fingerprint density at radius 1 is 0.468 bits per heavy atom. The van der Waals surface area contributed by atoms with Gasteiger partial charge in [-0.15, -0.1) is 0 Å². The first-order chi connectivity index (χ1) is 23.3. The number of hydrogen-bond acceptors (Lipinski definition) is 3. The molecule has 0 atom stereocenters. The van der Waals surface area contributed by atoms with Crippen LogP contribution in [0.15, 0.2) is 146 Å². The normalized spacial score (nSPS) is 12.3. The van der Waals surface area contributed by atoms with Crippen LogP contribution in [0.4, 0.5) is 0 Å². The van der Waals surface area contributed by atoms with Gasteiger partial charge in [0, 0.05) is 56.1 Å². The van der Waals surface area contributed by atoms with Crippen molar-refractivity contribution in [1.29, 1.82) is 0 Å². The Balaban J connectivity index is 1.41. The summed E-state index contributed by atoms with van der Waals surface area (Å²) in [7, 11) is 0. The number of nitrogens with zero attached hydrogens (tertiary/aromatic N) is 6. The van der Waals surface area contributed by atoms with E-state index in [1.54, 1.807) is 0 Å². The lowest BCUT2D eigenvalue weighted by Gasteiger charge is -2.13. The number of benzene rings is 5. The van der Waals surface area contributed by atoms with Gasteiger partial charge in [0.1, 0.15) is 11.2 Å². The van der Waals surface area contributed by atoms with Gasteiger partial charge < -0.3 is 9.13 Å². The third kappa shape index (κ3) is 3.21. The fourth-order valence-electron chi connectivity index (χ4n) is 7.82. The third-order valence-corrected chi connectivity index (χ3v) is 9.71. The molecule has 0 fully saturated rings. The first-order valence-electron chi connectivity index (χ1n) is 15.8. The van der Waals surface area contributed by atoms with Gasteiger partial charge in [0.2, 0.25) is 0 Å². The minimum absolute atomic E-state index is 0.866. The summed E-state index contributed by atoms with van der Waals surface area (Å²) in [5.74, 6) is 0. The topological polar surface area (TPSA) is 52.9 Å². The van der Waals surface area contributed by atoms with Gasteiger partial charge in [0.05, 0.1) is 44.8 Å². The molecule has 5 aromatic carbocycles. The van der Waals surface area contributed by atoms with E-state index in [0.29, 0.717) is 0 Å². The van der Waals surface area contributed by atoms with Gasteiger partial charge in [-0.05, 0) is 66.7 Å². The predicted octanol–water partition coefficient (Wildman–Crippen LogP) is 9.78. The highest BCUT2D eigenvalue weighted by Gasteiger charge is 2.23. The Hall–Kier alpha value is -6.53. The van der Waals surface area contributed by atoms with Gasteiger partial charge in [-0.3, -0.25) is 14.4 Å². The zero-order chi connectivity index (χ0) is 30.6. The number of pyridine rings is 3. The van der Waals surface area contributed by atoms with Crippen LogP contribution < -0.4 is 0 Å². The Kier molecular flexibility index (Phi) is 4.75. The largest absolute Gasteiger partial charge is 0.309 e. The fourth-order valence-corrected chi connectivity index (χ4v) is 7.82. The van der Waals surface area contributed by atoms with E-state index in [-0.39, 0.29) is 0 Å². The van der Waals surface area contributed by atoms with Gasteiger partial charge in [0.15, 0.2) is 0 Å². The molecule has 0 saturated carbocycles. The summed E-state index contributed by atoms with van der Waals surface area (Å²) in [5.41, 5.74) is 11.6. The van der Waals surface area contributed by atoms with Crippen molar-refractivity contribution in [1.82, 2.24) is 28.5 Å². The molecule has 6 heterocycles. The molecule has 0 radical (unpaired) electrons. The van der Waals surface area contributed by atoms with Gasteiger partial charge in [0.25, 0.3) is 0 Å². The minimum atomic E-state index is 0.866. The maximum atomic E-state index is 5.13. The summed E-state index contributed by atoms with van der Waals surface area (Å²) >= 11 is 0. The molecule has 11 rings (SSSR count). The van der Waals surface area contributed by atoms with Crippen LogP contribution in [-0.4, -0.2) is 28.5 Å². The zero-order valence-corrected chi connectivity index (χ0v) is 25.0. The molecule has 0 aliphatic rings.